The first kappa shape index (κ1) is 11.4. The Hall–Kier alpha value is -0.670. The van der Waals surface area contributed by atoms with Crippen molar-refractivity contribution < 1.29 is 4.79 Å². The lowest BCUT2D eigenvalue weighted by Crippen LogP contribution is -2.32. The van der Waals surface area contributed by atoms with Gasteiger partial charge in [0.1, 0.15) is 0 Å². The minimum atomic E-state index is -0.344. The fourth-order valence-electron chi connectivity index (χ4n) is 1.46. The van der Waals surface area contributed by atoms with Gasteiger partial charge in [-0.2, -0.15) is 0 Å². The SMILES string of the molecule is Cc1sccc1C(=O)C(N)CC(C)C. The van der Waals surface area contributed by atoms with Crippen molar-refractivity contribution in [3.05, 3.63) is 21.9 Å². The van der Waals surface area contributed by atoms with Gasteiger partial charge in [-0.15, -0.1) is 11.3 Å². The summed E-state index contributed by atoms with van der Waals surface area (Å²) in [5.41, 5.74) is 6.63. The van der Waals surface area contributed by atoms with Crippen LogP contribution in [0.5, 0.6) is 0 Å². The monoisotopic (exact) mass is 211 g/mol. The molecule has 0 aliphatic heterocycles. The number of Topliss-reactive ketones (excluding diaryl/α,β-unsaturated/α-hetero) is 1. The van der Waals surface area contributed by atoms with Gasteiger partial charge in [-0.25, -0.2) is 0 Å². The first-order valence-electron chi connectivity index (χ1n) is 4.86. The van der Waals surface area contributed by atoms with E-state index in [9.17, 15) is 4.79 Å². The third kappa shape index (κ3) is 2.66. The van der Waals surface area contributed by atoms with E-state index < -0.39 is 0 Å². The van der Waals surface area contributed by atoms with Crippen molar-refractivity contribution in [2.45, 2.75) is 33.2 Å². The van der Waals surface area contributed by atoms with Crippen molar-refractivity contribution in [3.8, 4) is 0 Å². The Morgan fingerprint density at radius 2 is 2.21 bits per heavy atom. The summed E-state index contributed by atoms with van der Waals surface area (Å²) in [4.78, 5) is 12.9. The minimum absolute atomic E-state index is 0.0810. The summed E-state index contributed by atoms with van der Waals surface area (Å²) in [7, 11) is 0. The van der Waals surface area contributed by atoms with E-state index in [0.717, 1.165) is 16.9 Å². The van der Waals surface area contributed by atoms with Gasteiger partial charge in [-0.1, -0.05) is 13.8 Å². The molecular formula is C11H17NOS. The van der Waals surface area contributed by atoms with Gasteiger partial charge >= 0.3 is 0 Å². The molecule has 1 unspecified atom stereocenters. The van der Waals surface area contributed by atoms with Gasteiger partial charge in [0.25, 0.3) is 0 Å². The Morgan fingerprint density at radius 3 is 2.64 bits per heavy atom. The average Bonchev–Trinajstić information content (AvgIpc) is 2.48. The topological polar surface area (TPSA) is 43.1 Å². The zero-order valence-corrected chi connectivity index (χ0v) is 9.73. The van der Waals surface area contributed by atoms with E-state index in [-0.39, 0.29) is 11.8 Å². The molecule has 0 fully saturated rings. The largest absolute Gasteiger partial charge is 0.321 e. The minimum Gasteiger partial charge on any atom is -0.321 e. The molecule has 3 heteroatoms. The molecule has 1 atom stereocenters. The molecule has 0 aliphatic carbocycles. The lowest BCUT2D eigenvalue weighted by molar-refractivity contribution is 0.0951. The highest BCUT2D eigenvalue weighted by atomic mass is 32.1. The van der Waals surface area contributed by atoms with Crippen molar-refractivity contribution >= 4 is 17.1 Å². The van der Waals surface area contributed by atoms with Gasteiger partial charge < -0.3 is 5.73 Å². The van der Waals surface area contributed by atoms with E-state index in [0.29, 0.717) is 5.92 Å². The molecule has 0 saturated heterocycles. The highest BCUT2D eigenvalue weighted by Gasteiger charge is 2.18. The summed E-state index contributed by atoms with van der Waals surface area (Å²) in [6.07, 6.45) is 0.758. The van der Waals surface area contributed by atoms with E-state index in [2.05, 4.69) is 13.8 Å². The molecule has 0 bridgehead atoms. The van der Waals surface area contributed by atoms with Gasteiger partial charge in [0, 0.05) is 10.4 Å². The lowest BCUT2D eigenvalue weighted by Gasteiger charge is -2.12. The standard InChI is InChI=1S/C11H17NOS/c1-7(2)6-10(12)11(13)9-4-5-14-8(9)3/h4-5,7,10H,6,12H2,1-3H3. The summed E-state index contributed by atoms with van der Waals surface area (Å²) < 4.78 is 0. The summed E-state index contributed by atoms with van der Waals surface area (Å²) in [6.45, 7) is 6.11. The molecule has 0 aromatic carbocycles. The Bertz CT molecular complexity index is 317. The number of carbonyl (C=O) groups excluding carboxylic acids is 1. The van der Waals surface area contributed by atoms with Crippen LogP contribution in [-0.2, 0) is 0 Å². The molecule has 78 valence electrons. The maximum atomic E-state index is 11.8. The smallest absolute Gasteiger partial charge is 0.180 e. The maximum absolute atomic E-state index is 11.8. The molecule has 1 aromatic rings. The molecule has 0 amide bonds. The van der Waals surface area contributed by atoms with Crippen molar-refractivity contribution in [2.75, 3.05) is 0 Å². The van der Waals surface area contributed by atoms with Crippen LogP contribution in [0.3, 0.4) is 0 Å². The highest BCUT2D eigenvalue weighted by molar-refractivity contribution is 7.10. The lowest BCUT2D eigenvalue weighted by atomic mass is 9.97. The average molecular weight is 211 g/mol. The van der Waals surface area contributed by atoms with Crippen LogP contribution < -0.4 is 5.73 Å². The Kier molecular flexibility index (Phi) is 3.84. The van der Waals surface area contributed by atoms with Gasteiger partial charge in [-0.05, 0) is 30.7 Å². The zero-order valence-electron chi connectivity index (χ0n) is 8.91. The third-order valence-corrected chi connectivity index (χ3v) is 3.03. The molecule has 0 aliphatic rings. The van der Waals surface area contributed by atoms with E-state index in [1.165, 1.54) is 0 Å². The highest BCUT2D eigenvalue weighted by Crippen LogP contribution is 2.18. The quantitative estimate of drug-likeness (QED) is 0.778. The molecule has 1 rings (SSSR count). The van der Waals surface area contributed by atoms with Crippen LogP contribution in [0.1, 0.15) is 35.5 Å². The van der Waals surface area contributed by atoms with Gasteiger partial charge in [0.2, 0.25) is 0 Å². The molecule has 2 N–H and O–H groups in total. The summed E-state index contributed by atoms with van der Waals surface area (Å²) in [5, 5.41) is 1.94. The number of nitrogens with two attached hydrogens (primary N) is 1. The van der Waals surface area contributed by atoms with Crippen LogP contribution in [-0.4, -0.2) is 11.8 Å². The molecular weight excluding hydrogens is 194 g/mol. The second-order valence-electron chi connectivity index (χ2n) is 3.99. The number of hydrogen-bond acceptors (Lipinski definition) is 3. The van der Waals surface area contributed by atoms with Crippen molar-refractivity contribution in [1.82, 2.24) is 0 Å². The van der Waals surface area contributed by atoms with Crippen molar-refractivity contribution in [2.24, 2.45) is 11.7 Å². The van der Waals surface area contributed by atoms with Crippen LogP contribution in [0.4, 0.5) is 0 Å². The van der Waals surface area contributed by atoms with Crippen LogP contribution in [0.2, 0.25) is 0 Å². The number of rotatable bonds is 4. The van der Waals surface area contributed by atoms with Crippen LogP contribution in [0.15, 0.2) is 11.4 Å². The zero-order chi connectivity index (χ0) is 10.7. The number of aryl methyl sites for hydroxylation is 1. The summed E-state index contributed by atoms with van der Waals surface area (Å²) in [5.74, 6) is 0.547. The first-order chi connectivity index (χ1) is 6.52. The van der Waals surface area contributed by atoms with E-state index in [4.69, 9.17) is 5.73 Å². The fraction of sp³-hybridized carbons (Fsp3) is 0.545. The predicted molar refractivity (Wildman–Crippen MR) is 60.8 cm³/mol. The normalized spacial score (nSPS) is 13.2. The van der Waals surface area contributed by atoms with Gasteiger partial charge in [0.05, 0.1) is 6.04 Å². The van der Waals surface area contributed by atoms with Crippen LogP contribution >= 0.6 is 11.3 Å². The first-order valence-corrected chi connectivity index (χ1v) is 5.74. The molecule has 0 spiro atoms. The predicted octanol–water partition coefficient (Wildman–Crippen LogP) is 2.61. The van der Waals surface area contributed by atoms with E-state index in [1.807, 2.05) is 18.4 Å². The summed E-state index contributed by atoms with van der Waals surface area (Å²) >= 11 is 1.59. The van der Waals surface area contributed by atoms with Crippen LogP contribution in [0.25, 0.3) is 0 Å². The molecule has 1 aromatic heterocycles. The maximum Gasteiger partial charge on any atom is 0.180 e. The Morgan fingerprint density at radius 1 is 1.57 bits per heavy atom. The Labute approximate surface area is 89.1 Å². The second kappa shape index (κ2) is 4.71. The number of ketones is 1. The second-order valence-corrected chi connectivity index (χ2v) is 5.11. The molecule has 0 radical (unpaired) electrons. The fourth-order valence-corrected chi connectivity index (χ4v) is 2.16. The van der Waals surface area contributed by atoms with Crippen molar-refractivity contribution in [3.63, 3.8) is 0 Å². The van der Waals surface area contributed by atoms with Gasteiger partial charge in [0.15, 0.2) is 5.78 Å². The number of hydrogen-bond donors (Lipinski definition) is 1. The molecule has 0 saturated carbocycles. The van der Waals surface area contributed by atoms with E-state index >= 15 is 0 Å². The summed E-state index contributed by atoms with van der Waals surface area (Å²) in [6, 6.07) is 1.52. The number of carbonyl (C=O) groups is 1. The van der Waals surface area contributed by atoms with Crippen LogP contribution in [0, 0.1) is 12.8 Å². The van der Waals surface area contributed by atoms with Gasteiger partial charge in [-0.3, -0.25) is 4.79 Å². The third-order valence-electron chi connectivity index (χ3n) is 2.19. The Balaban J connectivity index is 2.71. The molecule has 1 heterocycles. The number of thiophene rings is 1. The molecule has 14 heavy (non-hydrogen) atoms. The molecule has 2 nitrogen and oxygen atoms in total. The van der Waals surface area contributed by atoms with E-state index in [1.54, 1.807) is 11.3 Å². The van der Waals surface area contributed by atoms with Crippen molar-refractivity contribution in [1.29, 1.82) is 0 Å².